The number of halogens is 1. The van der Waals surface area contributed by atoms with E-state index in [1.54, 1.807) is 4.90 Å². The van der Waals surface area contributed by atoms with E-state index in [2.05, 4.69) is 4.72 Å². The van der Waals surface area contributed by atoms with Gasteiger partial charge in [0.05, 0.1) is 10.9 Å². The number of likely N-dealkylation sites (tertiary alicyclic amines) is 1. The molecule has 9 heteroatoms. The number of piperidine rings is 1. The molecule has 2 atom stereocenters. The summed E-state index contributed by atoms with van der Waals surface area (Å²) in [6.45, 7) is 2.92. The summed E-state index contributed by atoms with van der Waals surface area (Å²) in [6, 6.07) is 2.97. The largest absolute Gasteiger partial charge is 0.341 e. The molecule has 0 saturated carbocycles. The van der Waals surface area contributed by atoms with Gasteiger partial charge in [0.25, 0.3) is 10.0 Å². The molecule has 1 amide bonds. The number of nitrogens with two attached hydrogens (primary N) is 1. The van der Waals surface area contributed by atoms with Crippen molar-refractivity contribution in [2.45, 2.75) is 30.0 Å². The van der Waals surface area contributed by atoms with Crippen LogP contribution in [0.2, 0.25) is 4.34 Å². The zero-order valence-corrected chi connectivity index (χ0v) is 14.7. The molecular formula is C13H20ClN3O3S2. The van der Waals surface area contributed by atoms with Crippen LogP contribution in [0.3, 0.4) is 0 Å². The van der Waals surface area contributed by atoms with Crippen LogP contribution in [0, 0.1) is 5.92 Å². The van der Waals surface area contributed by atoms with Gasteiger partial charge in [-0.1, -0.05) is 11.6 Å². The van der Waals surface area contributed by atoms with Gasteiger partial charge in [-0.2, -0.15) is 0 Å². The number of hydrogen-bond donors (Lipinski definition) is 2. The fourth-order valence-electron chi connectivity index (χ4n) is 2.45. The van der Waals surface area contributed by atoms with Crippen LogP contribution in [0.5, 0.6) is 0 Å². The van der Waals surface area contributed by atoms with Gasteiger partial charge in [-0.25, -0.2) is 13.1 Å². The lowest BCUT2D eigenvalue weighted by molar-refractivity contribution is -0.131. The minimum atomic E-state index is -3.69. The number of hydrogen-bond acceptors (Lipinski definition) is 5. The van der Waals surface area contributed by atoms with Gasteiger partial charge >= 0.3 is 0 Å². The predicted octanol–water partition coefficient (Wildman–Crippen LogP) is 1.27. The van der Waals surface area contributed by atoms with E-state index in [-0.39, 0.29) is 28.6 Å². The molecule has 1 aromatic rings. The monoisotopic (exact) mass is 365 g/mol. The Bertz CT molecular complexity index is 630. The lowest BCUT2D eigenvalue weighted by Gasteiger charge is -2.34. The Morgan fingerprint density at radius 2 is 2.32 bits per heavy atom. The summed E-state index contributed by atoms with van der Waals surface area (Å²) in [5.74, 6) is 0.0435. The van der Waals surface area contributed by atoms with Crippen LogP contribution in [-0.2, 0) is 14.8 Å². The van der Waals surface area contributed by atoms with Crippen molar-refractivity contribution in [1.82, 2.24) is 9.62 Å². The molecule has 0 aliphatic carbocycles. The van der Waals surface area contributed by atoms with E-state index in [1.807, 2.05) is 6.92 Å². The first-order chi connectivity index (χ1) is 10.3. The molecule has 0 spiro atoms. The van der Waals surface area contributed by atoms with E-state index in [0.717, 1.165) is 24.2 Å². The number of thiophene rings is 1. The maximum atomic E-state index is 12.2. The molecule has 22 heavy (non-hydrogen) atoms. The highest BCUT2D eigenvalue weighted by Crippen LogP contribution is 2.25. The number of carbonyl (C=O) groups excluding carboxylic acids is 1. The highest BCUT2D eigenvalue weighted by Gasteiger charge is 2.27. The molecule has 1 aromatic heterocycles. The van der Waals surface area contributed by atoms with Crippen LogP contribution >= 0.6 is 22.9 Å². The molecular weight excluding hydrogens is 346 g/mol. The molecule has 2 rings (SSSR count). The second-order valence-corrected chi connectivity index (χ2v) is 9.19. The van der Waals surface area contributed by atoms with Crippen LogP contribution in [0.15, 0.2) is 16.3 Å². The average Bonchev–Trinajstić information content (AvgIpc) is 2.92. The van der Waals surface area contributed by atoms with Gasteiger partial charge < -0.3 is 10.6 Å². The zero-order chi connectivity index (χ0) is 16.3. The van der Waals surface area contributed by atoms with E-state index < -0.39 is 10.0 Å². The van der Waals surface area contributed by atoms with Crippen LogP contribution in [0.1, 0.15) is 19.8 Å². The van der Waals surface area contributed by atoms with Crippen molar-refractivity contribution >= 4 is 38.9 Å². The van der Waals surface area contributed by atoms with Crippen molar-refractivity contribution < 1.29 is 13.2 Å². The molecule has 1 aliphatic heterocycles. The Kier molecular flexibility index (Phi) is 5.84. The fraction of sp³-hybridized carbons (Fsp3) is 0.615. The lowest BCUT2D eigenvalue weighted by atomic mass is 9.92. The summed E-state index contributed by atoms with van der Waals surface area (Å²) < 4.78 is 26.9. The minimum absolute atomic E-state index is 0.0283. The summed E-state index contributed by atoms with van der Waals surface area (Å²) in [7, 11) is -3.69. The average molecular weight is 366 g/mol. The Balaban J connectivity index is 1.92. The smallest absolute Gasteiger partial charge is 0.250 e. The van der Waals surface area contributed by atoms with Crippen molar-refractivity contribution in [2.24, 2.45) is 11.7 Å². The number of rotatable bonds is 5. The maximum absolute atomic E-state index is 12.2. The van der Waals surface area contributed by atoms with Gasteiger partial charge in [-0.3, -0.25) is 4.79 Å². The van der Waals surface area contributed by atoms with E-state index in [1.165, 1.54) is 12.1 Å². The number of carbonyl (C=O) groups is 1. The topological polar surface area (TPSA) is 92.5 Å². The molecule has 1 saturated heterocycles. The van der Waals surface area contributed by atoms with E-state index in [9.17, 15) is 13.2 Å². The third-order valence-electron chi connectivity index (χ3n) is 3.78. The van der Waals surface area contributed by atoms with Crippen molar-refractivity contribution in [3.8, 4) is 0 Å². The molecule has 0 radical (unpaired) electrons. The zero-order valence-electron chi connectivity index (χ0n) is 12.3. The van der Waals surface area contributed by atoms with Crippen LogP contribution < -0.4 is 10.5 Å². The summed E-state index contributed by atoms with van der Waals surface area (Å²) in [6.07, 6.45) is 1.89. The molecule has 1 fully saturated rings. The van der Waals surface area contributed by atoms with Gasteiger partial charge in [0, 0.05) is 19.1 Å². The molecule has 2 unspecified atom stereocenters. The molecule has 0 aromatic carbocycles. The number of amides is 1. The predicted molar refractivity (Wildman–Crippen MR) is 87.5 cm³/mol. The Morgan fingerprint density at radius 3 is 2.91 bits per heavy atom. The van der Waals surface area contributed by atoms with Crippen molar-refractivity contribution in [1.29, 1.82) is 0 Å². The first-order valence-corrected chi connectivity index (χ1v) is 9.75. The van der Waals surface area contributed by atoms with E-state index >= 15 is 0 Å². The van der Waals surface area contributed by atoms with Gasteiger partial charge in [-0.15, -0.1) is 11.3 Å². The lowest BCUT2D eigenvalue weighted by Crippen LogP contribution is -2.48. The summed E-state index contributed by atoms with van der Waals surface area (Å²) >= 11 is 6.70. The van der Waals surface area contributed by atoms with Crippen molar-refractivity contribution in [3.05, 3.63) is 16.5 Å². The molecule has 6 nitrogen and oxygen atoms in total. The second-order valence-electron chi connectivity index (χ2n) is 5.48. The normalized spacial score (nSPS) is 20.9. The van der Waals surface area contributed by atoms with Crippen LogP contribution in [0.4, 0.5) is 0 Å². The van der Waals surface area contributed by atoms with Crippen molar-refractivity contribution in [3.63, 3.8) is 0 Å². The van der Waals surface area contributed by atoms with Gasteiger partial charge in [0.1, 0.15) is 4.21 Å². The standard InChI is InChI=1S/C13H20ClN3O3S2/c1-9(15)10-3-2-6-17(8-10)12(18)7-16-22(19,20)13-5-4-11(14)21-13/h4-5,9-10,16H,2-3,6-8,15H2,1H3. The molecule has 0 bridgehead atoms. The first kappa shape index (κ1) is 17.7. The molecule has 3 N–H and O–H groups in total. The third-order valence-corrected chi connectivity index (χ3v) is 6.91. The SMILES string of the molecule is CC(N)C1CCCN(C(=O)CNS(=O)(=O)c2ccc(Cl)s2)C1. The van der Waals surface area contributed by atoms with Crippen LogP contribution in [0.25, 0.3) is 0 Å². The van der Waals surface area contributed by atoms with E-state index in [0.29, 0.717) is 17.4 Å². The maximum Gasteiger partial charge on any atom is 0.250 e. The molecule has 2 heterocycles. The summed E-state index contributed by atoms with van der Waals surface area (Å²) in [5.41, 5.74) is 5.89. The fourth-order valence-corrected chi connectivity index (χ4v) is 4.95. The van der Waals surface area contributed by atoms with E-state index in [4.69, 9.17) is 17.3 Å². The second kappa shape index (κ2) is 7.27. The Labute approximate surface area is 139 Å². The number of sulfonamides is 1. The quantitative estimate of drug-likeness (QED) is 0.821. The van der Waals surface area contributed by atoms with Gasteiger partial charge in [0.2, 0.25) is 5.91 Å². The van der Waals surface area contributed by atoms with Crippen molar-refractivity contribution in [2.75, 3.05) is 19.6 Å². The molecule has 124 valence electrons. The number of nitrogens with zero attached hydrogens (tertiary/aromatic N) is 1. The molecule has 1 aliphatic rings. The highest BCUT2D eigenvalue weighted by atomic mass is 35.5. The van der Waals surface area contributed by atoms with Gasteiger partial charge in [-0.05, 0) is 37.8 Å². The first-order valence-electron chi connectivity index (χ1n) is 7.08. The highest BCUT2D eigenvalue weighted by molar-refractivity contribution is 7.91. The van der Waals surface area contributed by atoms with Gasteiger partial charge in [0.15, 0.2) is 0 Å². The number of nitrogens with one attached hydrogen (secondary N) is 1. The Hall–Kier alpha value is -0.670. The van der Waals surface area contributed by atoms with Crippen LogP contribution in [-0.4, -0.2) is 44.9 Å². The summed E-state index contributed by atoms with van der Waals surface area (Å²) in [5, 5.41) is 0. The Morgan fingerprint density at radius 1 is 1.59 bits per heavy atom. The minimum Gasteiger partial charge on any atom is -0.341 e. The summed E-state index contributed by atoms with van der Waals surface area (Å²) in [4.78, 5) is 13.9. The third kappa shape index (κ3) is 4.42.